The number of nitrogens with two attached hydrogens (primary N) is 1. The molecule has 1 unspecified atom stereocenters. The minimum Gasteiger partial charge on any atom is -0.493 e. The summed E-state index contributed by atoms with van der Waals surface area (Å²) in [5.74, 6) is -1.55. The van der Waals surface area contributed by atoms with Crippen LogP contribution >= 0.6 is 0 Å². The van der Waals surface area contributed by atoms with E-state index in [2.05, 4.69) is 0 Å². The number of carboxylic acid groups (broad SMARTS) is 1. The second kappa shape index (κ2) is 6.93. The molecule has 7 heteroatoms. The first-order chi connectivity index (χ1) is 10.5. The van der Waals surface area contributed by atoms with Gasteiger partial charge in [0.2, 0.25) is 11.8 Å². The molecular formula is C15H18N2O5. The van der Waals surface area contributed by atoms with E-state index < -0.39 is 17.8 Å². The number of nitrogens with zero attached hydrogens (tertiary/aromatic N) is 1. The van der Waals surface area contributed by atoms with E-state index in [1.54, 1.807) is 23.1 Å². The van der Waals surface area contributed by atoms with Crippen molar-refractivity contribution in [2.75, 3.05) is 19.7 Å². The van der Waals surface area contributed by atoms with Crippen LogP contribution in [0.5, 0.6) is 5.75 Å². The van der Waals surface area contributed by atoms with Crippen molar-refractivity contribution < 1.29 is 24.2 Å². The normalized spacial score (nSPS) is 17.3. The number of likely N-dealkylation sites (tertiary alicyclic amines) is 1. The fraction of sp³-hybridized carbons (Fsp3) is 0.400. The summed E-state index contributed by atoms with van der Waals surface area (Å²) in [6, 6.07) is 6.42. The number of hydrogen-bond donors (Lipinski definition) is 2. The summed E-state index contributed by atoms with van der Waals surface area (Å²) in [6.45, 7) is 0.883. The molecule has 0 saturated carbocycles. The number of rotatable bonds is 6. The van der Waals surface area contributed by atoms with Crippen LogP contribution in [0.4, 0.5) is 0 Å². The van der Waals surface area contributed by atoms with E-state index in [0.29, 0.717) is 24.3 Å². The van der Waals surface area contributed by atoms with Crippen LogP contribution < -0.4 is 10.5 Å². The molecule has 1 aromatic rings. The molecule has 0 radical (unpaired) electrons. The maximum absolute atomic E-state index is 12.0. The van der Waals surface area contributed by atoms with E-state index in [0.717, 1.165) is 0 Å². The lowest BCUT2D eigenvalue weighted by Gasteiger charge is -2.16. The maximum Gasteiger partial charge on any atom is 0.308 e. The van der Waals surface area contributed by atoms with Crippen molar-refractivity contribution in [2.24, 2.45) is 11.7 Å². The van der Waals surface area contributed by atoms with Gasteiger partial charge in [0.15, 0.2) is 0 Å². The Kier molecular flexibility index (Phi) is 4.98. The number of carbonyl (C=O) groups excluding carboxylic acids is 2. The Balaban J connectivity index is 1.79. The third-order valence-corrected chi connectivity index (χ3v) is 3.59. The average molecular weight is 306 g/mol. The predicted molar refractivity (Wildman–Crippen MR) is 77.4 cm³/mol. The van der Waals surface area contributed by atoms with Gasteiger partial charge < -0.3 is 20.5 Å². The van der Waals surface area contributed by atoms with Gasteiger partial charge in [-0.05, 0) is 24.6 Å². The molecule has 118 valence electrons. The Labute approximate surface area is 127 Å². The molecule has 1 aliphatic heterocycles. The van der Waals surface area contributed by atoms with Gasteiger partial charge in [0.1, 0.15) is 5.75 Å². The summed E-state index contributed by atoms with van der Waals surface area (Å²) in [4.78, 5) is 35.4. The number of aliphatic carboxylic acids is 1. The SMILES string of the molecule is NC(=O)c1cccc(OCCC(=O)N2CCC(C(=O)O)C2)c1. The summed E-state index contributed by atoms with van der Waals surface area (Å²) in [5.41, 5.74) is 5.52. The highest BCUT2D eigenvalue weighted by atomic mass is 16.5. The Bertz CT molecular complexity index is 587. The molecule has 1 fully saturated rings. The van der Waals surface area contributed by atoms with Crippen LogP contribution in [0.3, 0.4) is 0 Å². The standard InChI is InChI=1S/C15H18N2O5/c16-14(19)10-2-1-3-12(8-10)22-7-5-13(18)17-6-4-11(9-17)15(20)21/h1-3,8,11H,4-7,9H2,(H2,16,19)(H,20,21). The molecule has 3 N–H and O–H groups in total. The first kappa shape index (κ1) is 15.8. The summed E-state index contributed by atoms with van der Waals surface area (Å²) in [7, 11) is 0. The van der Waals surface area contributed by atoms with Crippen molar-refractivity contribution in [3.05, 3.63) is 29.8 Å². The Morgan fingerprint density at radius 2 is 2.14 bits per heavy atom. The van der Waals surface area contributed by atoms with E-state index in [4.69, 9.17) is 15.6 Å². The summed E-state index contributed by atoms with van der Waals surface area (Å²) in [5, 5.41) is 8.91. The molecule has 2 rings (SSSR count). The van der Waals surface area contributed by atoms with Crippen LogP contribution in [0.1, 0.15) is 23.2 Å². The highest BCUT2D eigenvalue weighted by Crippen LogP contribution is 2.18. The van der Waals surface area contributed by atoms with Gasteiger partial charge in [-0.3, -0.25) is 14.4 Å². The minimum absolute atomic E-state index is 0.130. The lowest BCUT2D eigenvalue weighted by molar-refractivity contribution is -0.141. The fourth-order valence-corrected chi connectivity index (χ4v) is 2.34. The van der Waals surface area contributed by atoms with Crippen LogP contribution in [0.25, 0.3) is 0 Å². The summed E-state index contributed by atoms with van der Waals surface area (Å²) in [6.07, 6.45) is 0.649. The van der Waals surface area contributed by atoms with Gasteiger partial charge >= 0.3 is 5.97 Å². The number of amides is 2. The third kappa shape index (κ3) is 3.97. The van der Waals surface area contributed by atoms with Gasteiger partial charge in [0, 0.05) is 18.7 Å². The molecule has 1 aromatic carbocycles. The van der Waals surface area contributed by atoms with Gasteiger partial charge in [-0.2, -0.15) is 0 Å². The number of carbonyl (C=O) groups is 3. The highest BCUT2D eigenvalue weighted by Gasteiger charge is 2.30. The zero-order chi connectivity index (χ0) is 16.1. The van der Waals surface area contributed by atoms with Gasteiger partial charge in [-0.25, -0.2) is 0 Å². The minimum atomic E-state index is -0.866. The molecular weight excluding hydrogens is 288 g/mol. The smallest absolute Gasteiger partial charge is 0.308 e. The molecule has 1 saturated heterocycles. The molecule has 0 spiro atoms. The van der Waals surface area contributed by atoms with Crippen LogP contribution in [-0.2, 0) is 9.59 Å². The number of carboxylic acids is 1. The molecule has 0 bridgehead atoms. The Morgan fingerprint density at radius 3 is 2.77 bits per heavy atom. The zero-order valence-electron chi connectivity index (χ0n) is 12.0. The van der Waals surface area contributed by atoms with Gasteiger partial charge in [0.25, 0.3) is 0 Å². The predicted octanol–water partition coefficient (Wildman–Crippen LogP) is 0.487. The van der Waals surface area contributed by atoms with Crippen molar-refractivity contribution in [1.82, 2.24) is 4.90 Å². The molecule has 0 aromatic heterocycles. The second-order valence-corrected chi connectivity index (χ2v) is 5.15. The first-order valence-electron chi connectivity index (χ1n) is 7.00. The van der Waals surface area contributed by atoms with E-state index in [1.165, 1.54) is 6.07 Å². The largest absolute Gasteiger partial charge is 0.493 e. The van der Waals surface area contributed by atoms with Crippen LogP contribution in [0, 0.1) is 5.92 Å². The Hall–Kier alpha value is -2.57. The number of primary amides is 1. The Morgan fingerprint density at radius 1 is 1.36 bits per heavy atom. The van der Waals surface area contributed by atoms with Gasteiger partial charge in [-0.15, -0.1) is 0 Å². The molecule has 22 heavy (non-hydrogen) atoms. The van der Waals surface area contributed by atoms with Gasteiger partial charge in [-0.1, -0.05) is 6.07 Å². The van der Waals surface area contributed by atoms with Crippen molar-refractivity contribution in [3.63, 3.8) is 0 Å². The van der Waals surface area contributed by atoms with Crippen LogP contribution in [0.15, 0.2) is 24.3 Å². The lowest BCUT2D eigenvalue weighted by atomic mass is 10.1. The quantitative estimate of drug-likeness (QED) is 0.794. The van der Waals surface area contributed by atoms with Crippen LogP contribution in [0.2, 0.25) is 0 Å². The van der Waals surface area contributed by atoms with Gasteiger partial charge in [0.05, 0.1) is 18.9 Å². The van der Waals surface area contributed by atoms with Crippen molar-refractivity contribution in [1.29, 1.82) is 0 Å². The zero-order valence-corrected chi connectivity index (χ0v) is 12.0. The summed E-state index contributed by atoms with van der Waals surface area (Å²) < 4.78 is 5.43. The first-order valence-corrected chi connectivity index (χ1v) is 7.00. The number of benzene rings is 1. The third-order valence-electron chi connectivity index (χ3n) is 3.59. The molecule has 1 aliphatic rings. The van der Waals surface area contributed by atoms with E-state index in [-0.39, 0.29) is 25.5 Å². The van der Waals surface area contributed by atoms with Crippen molar-refractivity contribution >= 4 is 17.8 Å². The average Bonchev–Trinajstić information content (AvgIpc) is 2.97. The van der Waals surface area contributed by atoms with E-state index >= 15 is 0 Å². The second-order valence-electron chi connectivity index (χ2n) is 5.15. The van der Waals surface area contributed by atoms with E-state index in [9.17, 15) is 14.4 Å². The molecule has 2 amide bonds. The fourth-order valence-electron chi connectivity index (χ4n) is 2.34. The maximum atomic E-state index is 12.0. The van der Waals surface area contributed by atoms with Crippen molar-refractivity contribution in [2.45, 2.75) is 12.8 Å². The molecule has 0 aliphatic carbocycles. The lowest BCUT2D eigenvalue weighted by Crippen LogP contribution is -2.30. The monoisotopic (exact) mass is 306 g/mol. The number of hydrogen-bond acceptors (Lipinski definition) is 4. The molecule has 1 heterocycles. The van der Waals surface area contributed by atoms with Crippen molar-refractivity contribution in [3.8, 4) is 5.75 Å². The summed E-state index contributed by atoms with van der Waals surface area (Å²) >= 11 is 0. The van der Waals surface area contributed by atoms with Crippen LogP contribution in [-0.4, -0.2) is 47.5 Å². The molecule has 1 atom stereocenters. The topological polar surface area (TPSA) is 110 Å². The number of ether oxygens (including phenoxy) is 1. The highest BCUT2D eigenvalue weighted by molar-refractivity contribution is 5.93. The molecule has 7 nitrogen and oxygen atoms in total. The van der Waals surface area contributed by atoms with E-state index in [1.807, 2.05) is 0 Å².